The molecule has 0 radical (unpaired) electrons. The van der Waals surface area contributed by atoms with Crippen molar-refractivity contribution in [2.24, 2.45) is 0 Å². The van der Waals surface area contributed by atoms with Crippen molar-refractivity contribution in [1.29, 1.82) is 0 Å². The van der Waals surface area contributed by atoms with Crippen molar-refractivity contribution in [3.63, 3.8) is 0 Å². The molecule has 0 aromatic carbocycles. The van der Waals surface area contributed by atoms with Crippen molar-refractivity contribution in [3.8, 4) is 0 Å². The molecule has 5 nitrogen and oxygen atoms in total. The highest BCUT2D eigenvalue weighted by atomic mass is 16.2. The van der Waals surface area contributed by atoms with E-state index in [0.29, 0.717) is 6.54 Å². The van der Waals surface area contributed by atoms with E-state index in [9.17, 15) is 4.79 Å². The number of nitrogens with one attached hydrogen (secondary N) is 1. The summed E-state index contributed by atoms with van der Waals surface area (Å²) in [7, 11) is 6.08. The third-order valence-corrected chi connectivity index (χ3v) is 3.76. The Balaban J connectivity index is 0. The summed E-state index contributed by atoms with van der Waals surface area (Å²) in [5.74, 6) is 0.214. The van der Waals surface area contributed by atoms with Crippen molar-refractivity contribution in [2.45, 2.75) is 47.0 Å². The molecule has 5 heteroatoms. The summed E-state index contributed by atoms with van der Waals surface area (Å²) in [6.07, 6.45) is 4.28. The predicted octanol–water partition coefficient (Wildman–Crippen LogP) is 2.13. The van der Waals surface area contributed by atoms with Gasteiger partial charge in [0.15, 0.2) is 0 Å². The molecule has 2 rings (SSSR count). The molecular weight excluding hydrogens is 288 g/mol. The van der Waals surface area contributed by atoms with Crippen LogP contribution in [0.3, 0.4) is 0 Å². The lowest BCUT2D eigenvalue weighted by molar-refractivity contribution is -0.131. The quantitative estimate of drug-likeness (QED) is 0.842. The normalized spacial score (nSPS) is 18.5. The van der Waals surface area contributed by atoms with E-state index in [1.807, 2.05) is 32.6 Å². The molecule has 2 aliphatic rings. The molecule has 2 fully saturated rings. The third-order valence-electron chi connectivity index (χ3n) is 3.76. The summed E-state index contributed by atoms with van der Waals surface area (Å²) in [6.45, 7) is 14.8. The zero-order chi connectivity index (χ0) is 18.1. The van der Waals surface area contributed by atoms with Gasteiger partial charge in [-0.3, -0.25) is 4.79 Å². The fourth-order valence-electron chi connectivity index (χ4n) is 2.37. The van der Waals surface area contributed by atoms with Crippen LogP contribution in [0.1, 0.15) is 47.0 Å². The molecule has 140 valence electrons. The Bertz CT molecular complexity index is 247. The van der Waals surface area contributed by atoms with Gasteiger partial charge in [-0.2, -0.15) is 0 Å². The van der Waals surface area contributed by atoms with E-state index < -0.39 is 0 Å². The van der Waals surface area contributed by atoms with Crippen molar-refractivity contribution < 1.29 is 4.79 Å². The average Bonchev–Trinajstić information content (AvgIpc) is 2.60. The summed E-state index contributed by atoms with van der Waals surface area (Å²) < 4.78 is 0. The highest BCUT2D eigenvalue weighted by molar-refractivity contribution is 5.78. The number of rotatable bonds is 2. The number of carbonyl (C=O) groups excluding carboxylic acids is 1. The van der Waals surface area contributed by atoms with E-state index in [1.54, 1.807) is 7.05 Å². The van der Waals surface area contributed by atoms with Crippen LogP contribution in [0.4, 0.5) is 0 Å². The standard InChI is InChI=1S/C8H17N3O.C6H13N.2C2H6/c1-9-7-8(12)11-5-3-10(2)4-6-11;1-7-5-3-2-4-6-7;2*1-2/h9H,3-7H2,1-2H3;2-6H2,1H3;2*1-2H3. The summed E-state index contributed by atoms with van der Waals surface area (Å²) in [4.78, 5) is 17.9. The number of piperazine rings is 1. The van der Waals surface area contributed by atoms with Gasteiger partial charge in [0, 0.05) is 26.2 Å². The average molecular weight is 331 g/mol. The summed E-state index contributed by atoms with van der Waals surface area (Å²) in [5.41, 5.74) is 0. The maximum atomic E-state index is 11.3. The van der Waals surface area contributed by atoms with Crippen molar-refractivity contribution >= 4 is 5.91 Å². The second kappa shape index (κ2) is 17.7. The van der Waals surface area contributed by atoms with E-state index in [1.165, 1.54) is 32.4 Å². The molecule has 1 N–H and O–H groups in total. The first kappa shape index (κ1) is 24.6. The largest absolute Gasteiger partial charge is 0.339 e. The van der Waals surface area contributed by atoms with E-state index in [0.717, 1.165) is 26.2 Å². The first-order chi connectivity index (χ1) is 11.1. The van der Waals surface area contributed by atoms with Gasteiger partial charge in [-0.15, -0.1) is 0 Å². The van der Waals surface area contributed by atoms with Gasteiger partial charge in [0.05, 0.1) is 6.54 Å². The highest BCUT2D eigenvalue weighted by Gasteiger charge is 2.17. The molecule has 2 heterocycles. The Morgan fingerprint density at radius 2 is 1.22 bits per heavy atom. The SMILES string of the molecule is CC.CC.CN1CCCCC1.CNCC(=O)N1CCN(C)CC1. The smallest absolute Gasteiger partial charge is 0.236 e. The molecule has 2 saturated heterocycles. The molecule has 2 aliphatic heterocycles. The predicted molar refractivity (Wildman–Crippen MR) is 102 cm³/mol. The summed E-state index contributed by atoms with van der Waals surface area (Å²) in [6, 6.07) is 0. The van der Waals surface area contributed by atoms with Crippen LogP contribution < -0.4 is 5.32 Å². The Labute approximate surface area is 145 Å². The molecule has 0 spiro atoms. The second-order valence-corrected chi connectivity index (χ2v) is 5.58. The minimum Gasteiger partial charge on any atom is -0.339 e. The number of likely N-dealkylation sites (N-methyl/N-ethyl adjacent to an activating group) is 2. The number of amides is 1. The zero-order valence-corrected chi connectivity index (χ0v) is 16.8. The van der Waals surface area contributed by atoms with Crippen molar-refractivity contribution in [2.75, 3.05) is 67.0 Å². The number of carbonyl (C=O) groups is 1. The molecule has 0 bridgehead atoms. The number of nitrogens with zero attached hydrogens (tertiary/aromatic N) is 3. The number of hydrogen-bond donors (Lipinski definition) is 1. The molecule has 0 aliphatic carbocycles. The molecule has 1 amide bonds. The topological polar surface area (TPSA) is 38.8 Å². The van der Waals surface area contributed by atoms with Gasteiger partial charge in [0.1, 0.15) is 0 Å². The first-order valence-corrected chi connectivity index (χ1v) is 9.43. The fraction of sp³-hybridized carbons (Fsp3) is 0.944. The van der Waals surface area contributed by atoms with Gasteiger partial charge in [-0.25, -0.2) is 0 Å². The maximum absolute atomic E-state index is 11.3. The van der Waals surface area contributed by atoms with Gasteiger partial charge in [0.2, 0.25) is 5.91 Å². The summed E-state index contributed by atoms with van der Waals surface area (Å²) >= 11 is 0. The van der Waals surface area contributed by atoms with Gasteiger partial charge in [-0.1, -0.05) is 34.1 Å². The maximum Gasteiger partial charge on any atom is 0.236 e. The molecule has 23 heavy (non-hydrogen) atoms. The van der Waals surface area contributed by atoms with Crippen molar-refractivity contribution in [3.05, 3.63) is 0 Å². The highest BCUT2D eigenvalue weighted by Crippen LogP contribution is 2.04. The fourth-order valence-corrected chi connectivity index (χ4v) is 2.37. The minimum atomic E-state index is 0.214. The third kappa shape index (κ3) is 13.5. The van der Waals surface area contributed by atoms with E-state index in [-0.39, 0.29) is 5.91 Å². The second-order valence-electron chi connectivity index (χ2n) is 5.58. The van der Waals surface area contributed by atoms with E-state index >= 15 is 0 Å². The van der Waals surface area contributed by atoms with Gasteiger partial charge in [-0.05, 0) is 47.1 Å². The lowest BCUT2D eigenvalue weighted by Crippen LogP contribution is -2.49. The van der Waals surface area contributed by atoms with Crippen LogP contribution in [0.25, 0.3) is 0 Å². The monoisotopic (exact) mass is 330 g/mol. The van der Waals surface area contributed by atoms with Crippen molar-refractivity contribution in [1.82, 2.24) is 20.0 Å². The van der Waals surface area contributed by atoms with Gasteiger partial charge >= 0.3 is 0 Å². The van der Waals surface area contributed by atoms with Crippen LogP contribution in [-0.2, 0) is 4.79 Å². The van der Waals surface area contributed by atoms with Crippen LogP contribution in [0.5, 0.6) is 0 Å². The molecular formula is C18H42N4O. The molecule has 0 unspecified atom stereocenters. The van der Waals surface area contributed by atoms with Crippen LogP contribution in [-0.4, -0.2) is 87.6 Å². The number of hydrogen-bond acceptors (Lipinski definition) is 4. The van der Waals surface area contributed by atoms with E-state index in [4.69, 9.17) is 0 Å². The summed E-state index contributed by atoms with van der Waals surface area (Å²) in [5, 5.41) is 2.87. The van der Waals surface area contributed by atoms with Crippen LogP contribution in [0.2, 0.25) is 0 Å². The first-order valence-electron chi connectivity index (χ1n) is 9.43. The Hall–Kier alpha value is -0.650. The molecule has 0 atom stereocenters. The lowest BCUT2D eigenvalue weighted by atomic mass is 10.1. The Kier molecular flexibility index (Phi) is 18.9. The minimum absolute atomic E-state index is 0.214. The van der Waals surface area contributed by atoms with Gasteiger partial charge in [0.25, 0.3) is 0 Å². The van der Waals surface area contributed by atoms with E-state index in [2.05, 4.69) is 29.2 Å². The van der Waals surface area contributed by atoms with Crippen LogP contribution >= 0.6 is 0 Å². The molecule has 0 aromatic heterocycles. The molecule has 0 aromatic rings. The van der Waals surface area contributed by atoms with Crippen LogP contribution in [0, 0.1) is 0 Å². The number of piperidine rings is 1. The molecule has 0 saturated carbocycles. The number of likely N-dealkylation sites (tertiary alicyclic amines) is 1. The Morgan fingerprint density at radius 3 is 1.57 bits per heavy atom. The van der Waals surface area contributed by atoms with Crippen LogP contribution in [0.15, 0.2) is 0 Å². The lowest BCUT2D eigenvalue weighted by Gasteiger charge is -2.32. The van der Waals surface area contributed by atoms with Gasteiger partial charge < -0.3 is 20.0 Å². The Morgan fingerprint density at radius 1 is 0.783 bits per heavy atom. The zero-order valence-electron chi connectivity index (χ0n) is 16.8.